The predicted molar refractivity (Wildman–Crippen MR) is 109 cm³/mol. The minimum Gasteiger partial charge on any atom is -0.270 e. The minimum atomic E-state index is -0.288. The van der Waals surface area contributed by atoms with E-state index in [2.05, 4.69) is 20.9 Å². The molecule has 4 aromatic rings. The summed E-state index contributed by atoms with van der Waals surface area (Å²) < 4.78 is 27.7. The zero-order valence-corrected chi connectivity index (χ0v) is 15.8. The summed E-state index contributed by atoms with van der Waals surface area (Å²) in [4.78, 5) is 4.58. The molecule has 131 valence electrons. The number of rotatable bonds is 4. The lowest BCUT2D eigenvalue weighted by Crippen LogP contribution is -2.26. The van der Waals surface area contributed by atoms with Gasteiger partial charge in [-0.05, 0) is 67.9 Å². The van der Waals surface area contributed by atoms with Crippen molar-refractivity contribution in [2.45, 2.75) is 5.82 Å². The highest BCUT2D eigenvalue weighted by molar-refractivity contribution is 9.10. The molecule has 0 amide bonds. The van der Waals surface area contributed by atoms with E-state index in [4.69, 9.17) is 0 Å². The maximum Gasteiger partial charge on any atom is 0.193 e. The third kappa shape index (κ3) is 3.79. The van der Waals surface area contributed by atoms with Crippen LogP contribution in [0.3, 0.4) is 0 Å². The summed E-state index contributed by atoms with van der Waals surface area (Å²) >= 11 is 3.54. The molecule has 1 radical (unpaired) electrons. The molecule has 5 heteroatoms. The fourth-order valence-electron chi connectivity index (χ4n) is 3.20. The maximum absolute atomic E-state index is 13.4. The van der Waals surface area contributed by atoms with E-state index in [0.717, 1.165) is 32.0 Å². The summed E-state index contributed by atoms with van der Waals surface area (Å²) in [5.74, 6) is -0.754. The lowest BCUT2D eigenvalue weighted by Gasteiger charge is -2.18. The first-order chi connectivity index (χ1) is 13.1. The fourth-order valence-corrected chi connectivity index (χ4v) is 3.64. The molecule has 0 aliphatic heterocycles. The van der Waals surface area contributed by atoms with Gasteiger partial charge in [0.25, 0.3) is 0 Å². The molecule has 0 fully saturated rings. The van der Waals surface area contributed by atoms with E-state index in [1.54, 1.807) is 30.5 Å². The Morgan fingerprint density at radius 3 is 1.81 bits per heavy atom. The van der Waals surface area contributed by atoms with Crippen LogP contribution in [0.15, 0.2) is 83.5 Å². The van der Waals surface area contributed by atoms with E-state index in [1.807, 2.05) is 31.5 Å². The Hall–Kier alpha value is -2.53. The number of fused-ring (bicyclic) bond motifs is 1. The molecular formula is C22H14BBrF2N. The first-order valence-electron chi connectivity index (χ1n) is 8.51. The van der Waals surface area contributed by atoms with E-state index >= 15 is 0 Å². The maximum atomic E-state index is 13.4. The Morgan fingerprint density at radius 1 is 0.741 bits per heavy atom. The molecule has 0 aliphatic carbocycles. The van der Waals surface area contributed by atoms with Gasteiger partial charge in [0.15, 0.2) is 7.28 Å². The SMILES string of the molecule is Fc1ccc(C([B]c2ncc(Br)c3ccccc23)c2ccc(F)cc2)cc1. The molecule has 4 rings (SSSR count). The topological polar surface area (TPSA) is 12.9 Å². The number of nitrogens with zero attached hydrogens (tertiary/aromatic N) is 1. The Morgan fingerprint density at radius 2 is 1.26 bits per heavy atom. The van der Waals surface area contributed by atoms with Crippen LogP contribution in [-0.2, 0) is 0 Å². The zero-order valence-electron chi connectivity index (χ0n) is 14.2. The predicted octanol–water partition coefficient (Wildman–Crippen LogP) is 5.39. The van der Waals surface area contributed by atoms with Gasteiger partial charge in [0.1, 0.15) is 11.6 Å². The average Bonchev–Trinajstić information content (AvgIpc) is 2.70. The third-order valence-electron chi connectivity index (χ3n) is 4.56. The molecule has 1 nitrogen and oxygen atoms in total. The first-order valence-corrected chi connectivity index (χ1v) is 9.30. The molecule has 0 saturated carbocycles. The molecule has 0 saturated heterocycles. The molecule has 1 aromatic heterocycles. The number of hydrogen-bond acceptors (Lipinski definition) is 1. The first kappa shape index (κ1) is 17.9. The van der Waals surface area contributed by atoms with Crippen molar-refractivity contribution >= 4 is 39.6 Å². The van der Waals surface area contributed by atoms with Gasteiger partial charge in [-0.3, -0.25) is 4.98 Å². The van der Waals surface area contributed by atoms with Crippen molar-refractivity contribution in [3.05, 3.63) is 106 Å². The van der Waals surface area contributed by atoms with Gasteiger partial charge in [-0.15, -0.1) is 0 Å². The average molecular weight is 421 g/mol. The second-order valence-electron chi connectivity index (χ2n) is 6.28. The van der Waals surface area contributed by atoms with Gasteiger partial charge in [-0.25, -0.2) is 8.78 Å². The highest BCUT2D eigenvalue weighted by atomic mass is 79.9. The second kappa shape index (κ2) is 7.61. The summed E-state index contributed by atoms with van der Waals surface area (Å²) in [5, 5.41) is 2.08. The second-order valence-corrected chi connectivity index (χ2v) is 7.14. The van der Waals surface area contributed by atoms with Crippen LogP contribution in [0.4, 0.5) is 8.78 Å². The van der Waals surface area contributed by atoms with E-state index in [1.165, 1.54) is 24.3 Å². The quantitative estimate of drug-likeness (QED) is 0.403. The van der Waals surface area contributed by atoms with Crippen molar-refractivity contribution in [3.63, 3.8) is 0 Å². The zero-order chi connectivity index (χ0) is 18.8. The molecule has 0 atom stereocenters. The summed E-state index contributed by atoms with van der Waals surface area (Å²) in [6, 6.07) is 20.8. The van der Waals surface area contributed by atoms with Gasteiger partial charge in [0.05, 0.1) is 0 Å². The normalized spacial score (nSPS) is 11.1. The lowest BCUT2D eigenvalue weighted by atomic mass is 9.55. The summed E-state index contributed by atoms with van der Waals surface area (Å²) in [6.45, 7) is 0. The highest BCUT2D eigenvalue weighted by Gasteiger charge is 2.19. The molecule has 0 aliphatic rings. The summed E-state index contributed by atoms with van der Waals surface area (Å²) in [7, 11) is 2.04. The van der Waals surface area contributed by atoms with Gasteiger partial charge >= 0.3 is 0 Å². The molecule has 1 heterocycles. The van der Waals surface area contributed by atoms with Crippen LogP contribution in [0, 0.1) is 11.6 Å². The number of aromatic nitrogens is 1. The molecule has 0 spiro atoms. The number of halogens is 3. The van der Waals surface area contributed by atoms with E-state index < -0.39 is 0 Å². The van der Waals surface area contributed by atoms with Crippen molar-refractivity contribution in [2.75, 3.05) is 0 Å². The Balaban J connectivity index is 1.81. The largest absolute Gasteiger partial charge is 0.270 e. The monoisotopic (exact) mass is 420 g/mol. The molecular weight excluding hydrogens is 407 g/mol. The van der Waals surface area contributed by atoms with E-state index in [0.29, 0.717) is 0 Å². The third-order valence-corrected chi connectivity index (χ3v) is 5.19. The van der Waals surface area contributed by atoms with Crippen molar-refractivity contribution in [2.24, 2.45) is 0 Å². The van der Waals surface area contributed by atoms with E-state index in [9.17, 15) is 8.78 Å². The molecule has 27 heavy (non-hydrogen) atoms. The fraction of sp³-hybridized carbons (Fsp3) is 0.0455. The highest BCUT2D eigenvalue weighted by Crippen LogP contribution is 2.26. The lowest BCUT2D eigenvalue weighted by molar-refractivity contribution is 0.626. The van der Waals surface area contributed by atoms with Crippen LogP contribution < -0.4 is 5.59 Å². The molecule has 0 unspecified atom stereocenters. The minimum absolute atomic E-state index is 0.178. The standard InChI is InChI=1S/C22H14BBrF2N/c24-20-13-27-22(19-4-2-1-3-18(19)20)23-21(14-5-9-16(25)10-6-14)15-7-11-17(26)12-8-15/h1-13,21H. The van der Waals surface area contributed by atoms with Crippen LogP contribution in [0.5, 0.6) is 0 Å². The number of benzene rings is 3. The van der Waals surface area contributed by atoms with Crippen molar-refractivity contribution in [3.8, 4) is 0 Å². The Bertz CT molecular complexity index is 1040. The van der Waals surface area contributed by atoms with Crippen molar-refractivity contribution < 1.29 is 8.78 Å². The van der Waals surface area contributed by atoms with Gasteiger partial charge in [-0.1, -0.05) is 48.5 Å². The molecule has 0 bridgehead atoms. The Labute approximate surface area is 165 Å². The summed E-state index contributed by atoms with van der Waals surface area (Å²) in [6.07, 6.45) is 1.78. The Kier molecular flexibility index (Phi) is 5.04. The molecule has 0 N–H and O–H groups in total. The number of pyridine rings is 1. The van der Waals surface area contributed by atoms with Crippen LogP contribution in [0.1, 0.15) is 16.9 Å². The van der Waals surface area contributed by atoms with Gasteiger partial charge in [0, 0.05) is 16.3 Å². The van der Waals surface area contributed by atoms with Crippen LogP contribution >= 0.6 is 15.9 Å². The molecule has 3 aromatic carbocycles. The van der Waals surface area contributed by atoms with Crippen LogP contribution in [-0.4, -0.2) is 12.3 Å². The number of hydrogen-bond donors (Lipinski definition) is 0. The van der Waals surface area contributed by atoms with Gasteiger partial charge < -0.3 is 0 Å². The van der Waals surface area contributed by atoms with Gasteiger partial charge in [0.2, 0.25) is 0 Å². The van der Waals surface area contributed by atoms with Crippen LogP contribution in [0.25, 0.3) is 10.8 Å². The van der Waals surface area contributed by atoms with E-state index in [-0.39, 0.29) is 17.5 Å². The van der Waals surface area contributed by atoms with Crippen LogP contribution in [0.2, 0.25) is 0 Å². The van der Waals surface area contributed by atoms with Crippen molar-refractivity contribution in [1.29, 1.82) is 0 Å². The van der Waals surface area contributed by atoms with Gasteiger partial charge in [-0.2, -0.15) is 0 Å². The van der Waals surface area contributed by atoms with Crippen molar-refractivity contribution in [1.82, 2.24) is 4.98 Å². The smallest absolute Gasteiger partial charge is 0.193 e. The summed E-state index contributed by atoms with van der Waals surface area (Å²) in [5.41, 5.74) is 2.65.